The summed E-state index contributed by atoms with van der Waals surface area (Å²) < 4.78 is 13.0. The van der Waals surface area contributed by atoms with Crippen molar-refractivity contribution in [1.82, 2.24) is 0 Å². The maximum Gasteiger partial charge on any atom is 0.123 e. The summed E-state index contributed by atoms with van der Waals surface area (Å²) in [6.45, 7) is 1.97. The van der Waals surface area contributed by atoms with Gasteiger partial charge in [0.15, 0.2) is 0 Å². The molecule has 94 valence electrons. The van der Waals surface area contributed by atoms with Crippen molar-refractivity contribution in [2.45, 2.75) is 57.9 Å². The van der Waals surface area contributed by atoms with Gasteiger partial charge in [-0.2, -0.15) is 0 Å². The fourth-order valence-corrected chi connectivity index (χ4v) is 2.61. The van der Waals surface area contributed by atoms with Crippen LogP contribution in [-0.4, -0.2) is 6.04 Å². The second-order valence-corrected chi connectivity index (χ2v) is 5.15. The fraction of sp³-hybridized carbons (Fsp3) is 0.600. The first-order valence-electron chi connectivity index (χ1n) is 6.78. The first kappa shape index (κ1) is 12.4. The molecule has 1 nitrogen and oxygen atoms in total. The average Bonchev–Trinajstić information content (AvgIpc) is 2.25. The molecule has 1 aliphatic rings. The molecule has 1 N–H and O–H groups in total. The topological polar surface area (TPSA) is 12.0 Å². The molecule has 0 saturated heterocycles. The van der Waals surface area contributed by atoms with Crippen LogP contribution in [0.5, 0.6) is 0 Å². The Morgan fingerprint density at radius 3 is 2.35 bits per heavy atom. The number of rotatable bonds is 2. The van der Waals surface area contributed by atoms with E-state index in [2.05, 4.69) is 5.32 Å². The summed E-state index contributed by atoms with van der Waals surface area (Å²) in [6.07, 6.45) is 9.24. The number of anilines is 1. The van der Waals surface area contributed by atoms with Gasteiger partial charge in [0, 0.05) is 11.7 Å². The van der Waals surface area contributed by atoms with Crippen LogP contribution in [0.2, 0.25) is 0 Å². The van der Waals surface area contributed by atoms with Crippen molar-refractivity contribution in [2.75, 3.05) is 5.32 Å². The quantitative estimate of drug-likeness (QED) is 0.786. The third-order valence-corrected chi connectivity index (χ3v) is 3.65. The van der Waals surface area contributed by atoms with Crippen molar-refractivity contribution in [2.24, 2.45) is 0 Å². The van der Waals surface area contributed by atoms with Gasteiger partial charge in [-0.05, 0) is 43.5 Å². The molecular weight excluding hydrogens is 213 g/mol. The standard InChI is InChI=1S/C15H22FN/c1-12-11-13(16)9-10-15(12)17-14-7-5-3-2-4-6-8-14/h9-11,14,17H,2-8H2,1H3. The Bertz CT molecular complexity index is 354. The van der Waals surface area contributed by atoms with E-state index in [1.807, 2.05) is 13.0 Å². The van der Waals surface area contributed by atoms with E-state index in [9.17, 15) is 4.39 Å². The lowest BCUT2D eigenvalue weighted by molar-refractivity contribution is 0.471. The molecule has 17 heavy (non-hydrogen) atoms. The van der Waals surface area contributed by atoms with Crippen LogP contribution < -0.4 is 5.32 Å². The molecule has 0 aromatic heterocycles. The summed E-state index contributed by atoms with van der Waals surface area (Å²) in [5.74, 6) is -0.147. The number of nitrogens with one attached hydrogen (secondary N) is 1. The fourth-order valence-electron chi connectivity index (χ4n) is 2.61. The van der Waals surface area contributed by atoms with Crippen LogP contribution in [0.1, 0.15) is 50.5 Å². The molecule has 1 saturated carbocycles. The van der Waals surface area contributed by atoms with Crippen molar-refractivity contribution in [1.29, 1.82) is 0 Å². The third kappa shape index (κ3) is 3.72. The maximum absolute atomic E-state index is 13.0. The van der Waals surface area contributed by atoms with E-state index < -0.39 is 0 Å². The van der Waals surface area contributed by atoms with Gasteiger partial charge in [-0.25, -0.2) is 4.39 Å². The monoisotopic (exact) mass is 235 g/mol. The minimum atomic E-state index is -0.147. The largest absolute Gasteiger partial charge is 0.382 e. The van der Waals surface area contributed by atoms with Crippen molar-refractivity contribution in [3.8, 4) is 0 Å². The second-order valence-electron chi connectivity index (χ2n) is 5.15. The van der Waals surface area contributed by atoms with Crippen LogP contribution in [0.15, 0.2) is 18.2 Å². The van der Waals surface area contributed by atoms with E-state index in [1.54, 1.807) is 6.07 Å². The molecule has 2 rings (SSSR count). The van der Waals surface area contributed by atoms with Crippen LogP contribution in [0.4, 0.5) is 10.1 Å². The van der Waals surface area contributed by atoms with Gasteiger partial charge in [0.1, 0.15) is 5.82 Å². The molecule has 1 aromatic rings. The lowest BCUT2D eigenvalue weighted by Gasteiger charge is -2.23. The minimum Gasteiger partial charge on any atom is -0.382 e. The predicted molar refractivity (Wildman–Crippen MR) is 70.9 cm³/mol. The Labute approximate surface area is 103 Å². The molecule has 1 fully saturated rings. The normalized spacial score (nSPS) is 18.5. The highest BCUT2D eigenvalue weighted by Gasteiger charge is 2.12. The van der Waals surface area contributed by atoms with E-state index >= 15 is 0 Å². The van der Waals surface area contributed by atoms with E-state index in [4.69, 9.17) is 0 Å². The van der Waals surface area contributed by atoms with Gasteiger partial charge < -0.3 is 5.32 Å². The number of halogens is 1. The molecular formula is C15H22FN. The maximum atomic E-state index is 13.0. The Hall–Kier alpha value is -1.05. The number of benzene rings is 1. The Balaban J connectivity index is 1.98. The van der Waals surface area contributed by atoms with Crippen LogP contribution in [-0.2, 0) is 0 Å². The van der Waals surface area contributed by atoms with Crippen molar-refractivity contribution < 1.29 is 4.39 Å². The third-order valence-electron chi connectivity index (χ3n) is 3.65. The summed E-state index contributed by atoms with van der Waals surface area (Å²) in [7, 11) is 0. The SMILES string of the molecule is Cc1cc(F)ccc1NC1CCCCCCC1. The molecule has 0 amide bonds. The van der Waals surface area contributed by atoms with Crippen molar-refractivity contribution in [3.05, 3.63) is 29.6 Å². The molecule has 1 aliphatic carbocycles. The van der Waals surface area contributed by atoms with Gasteiger partial charge in [0.05, 0.1) is 0 Å². The van der Waals surface area contributed by atoms with E-state index in [1.165, 1.54) is 51.0 Å². The van der Waals surface area contributed by atoms with Gasteiger partial charge in [-0.1, -0.05) is 32.1 Å². The van der Waals surface area contributed by atoms with Crippen molar-refractivity contribution >= 4 is 5.69 Å². The highest BCUT2D eigenvalue weighted by atomic mass is 19.1. The van der Waals surface area contributed by atoms with Gasteiger partial charge >= 0.3 is 0 Å². The molecule has 2 heteroatoms. The first-order valence-corrected chi connectivity index (χ1v) is 6.78. The van der Waals surface area contributed by atoms with Crippen molar-refractivity contribution in [3.63, 3.8) is 0 Å². The highest BCUT2D eigenvalue weighted by Crippen LogP contribution is 2.23. The lowest BCUT2D eigenvalue weighted by Crippen LogP contribution is -2.21. The van der Waals surface area contributed by atoms with Crippen LogP contribution in [0.25, 0.3) is 0 Å². The summed E-state index contributed by atoms with van der Waals surface area (Å²) >= 11 is 0. The van der Waals surface area contributed by atoms with E-state index in [-0.39, 0.29) is 5.82 Å². The molecule has 1 aromatic carbocycles. The van der Waals surface area contributed by atoms with Gasteiger partial charge in [-0.3, -0.25) is 0 Å². The summed E-state index contributed by atoms with van der Waals surface area (Å²) in [4.78, 5) is 0. The molecule has 0 bridgehead atoms. The first-order chi connectivity index (χ1) is 8.25. The van der Waals surface area contributed by atoms with Gasteiger partial charge in [-0.15, -0.1) is 0 Å². The Morgan fingerprint density at radius 2 is 1.71 bits per heavy atom. The zero-order valence-corrected chi connectivity index (χ0v) is 10.6. The van der Waals surface area contributed by atoms with Crippen LogP contribution in [0, 0.1) is 12.7 Å². The van der Waals surface area contributed by atoms with Crippen LogP contribution >= 0.6 is 0 Å². The second kappa shape index (κ2) is 6.04. The highest BCUT2D eigenvalue weighted by molar-refractivity contribution is 5.51. The Kier molecular flexibility index (Phi) is 4.41. The zero-order chi connectivity index (χ0) is 12.1. The summed E-state index contributed by atoms with van der Waals surface area (Å²) in [5, 5.41) is 3.58. The zero-order valence-electron chi connectivity index (χ0n) is 10.6. The molecule has 0 aliphatic heterocycles. The van der Waals surface area contributed by atoms with E-state index in [0.29, 0.717) is 6.04 Å². The minimum absolute atomic E-state index is 0.147. The molecule has 0 spiro atoms. The smallest absolute Gasteiger partial charge is 0.123 e. The van der Waals surface area contributed by atoms with Gasteiger partial charge in [0.25, 0.3) is 0 Å². The number of aryl methyl sites for hydroxylation is 1. The molecule has 0 heterocycles. The number of hydrogen-bond acceptors (Lipinski definition) is 1. The molecule has 0 unspecified atom stereocenters. The van der Waals surface area contributed by atoms with E-state index in [0.717, 1.165) is 11.3 Å². The predicted octanol–water partition coefficient (Wildman–Crippen LogP) is 4.66. The molecule has 0 radical (unpaired) electrons. The Morgan fingerprint density at radius 1 is 1.06 bits per heavy atom. The average molecular weight is 235 g/mol. The van der Waals surface area contributed by atoms with Crippen LogP contribution in [0.3, 0.4) is 0 Å². The lowest BCUT2D eigenvalue weighted by atomic mass is 9.96. The summed E-state index contributed by atoms with van der Waals surface area (Å²) in [5.41, 5.74) is 2.10. The molecule has 0 atom stereocenters. The summed E-state index contributed by atoms with van der Waals surface area (Å²) in [6, 6.07) is 5.58. The number of hydrogen-bond donors (Lipinski definition) is 1. The van der Waals surface area contributed by atoms with Gasteiger partial charge in [0.2, 0.25) is 0 Å².